The molecule has 0 saturated heterocycles. The third-order valence-electron chi connectivity index (χ3n) is 2.05. The summed E-state index contributed by atoms with van der Waals surface area (Å²) in [6.45, 7) is 1.69. The van der Waals surface area contributed by atoms with Gasteiger partial charge in [0.05, 0.1) is 11.9 Å². The topological polar surface area (TPSA) is 68.0 Å². The second-order valence-corrected chi connectivity index (χ2v) is 3.23. The number of hydrogen-bond donors (Lipinski definition) is 1. The smallest absolute Gasteiger partial charge is 0.356 e. The van der Waals surface area contributed by atoms with Crippen LogP contribution in [0, 0.1) is 12.9 Å². The number of aromatic nitrogens is 3. The van der Waals surface area contributed by atoms with Gasteiger partial charge in [0.15, 0.2) is 5.69 Å². The van der Waals surface area contributed by atoms with Gasteiger partial charge in [-0.3, -0.25) is 0 Å². The predicted octanol–water partition coefficient (Wildman–Crippen LogP) is 1.41. The van der Waals surface area contributed by atoms with Crippen molar-refractivity contribution in [1.29, 1.82) is 0 Å². The van der Waals surface area contributed by atoms with Crippen LogP contribution in [0.1, 0.15) is 16.2 Å². The lowest BCUT2D eigenvalue weighted by Crippen LogP contribution is -2.08. The fourth-order valence-electron chi connectivity index (χ4n) is 1.35. The molecule has 0 amide bonds. The highest BCUT2D eigenvalue weighted by atomic mass is 19.1. The molecule has 0 aromatic carbocycles. The Bertz CT molecular complexity index is 551. The van der Waals surface area contributed by atoms with Gasteiger partial charge in [0.1, 0.15) is 6.33 Å². The summed E-state index contributed by atoms with van der Waals surface area (Å²) in [5, 5.41) is 8.97. The molecule has 0 atom stereocenters. The van der Waals surface area contributed by atoms with E-state index in [1.807, 2.05) is 0 Å². The van der Waals surface area contributed by atoms with Crippen LogP contribution in [0.4, 0.5) is 4.39 Å². The van der Waals surface area contributed by atoms with Gasteiger partial charge in [-0.2, -0.15) is 4.39 Å². The van der Waals surface area contributed by atoms with E-state index in [0.29, 0.717) is 5.69 Å². The number of aryl methyl sites for hydroxylation is 1. The number of carboxylic acids is 1. The second kappa shape index (κ2) is 3.73. The van der Waals surface area contributed by atoms with Gasteiger partial charge in [-0.25, -0.2) is 14.8 Å². The van der Waals surface area contributed by atoms with Crippen LogP contribution < -0.4 is 0 Å². The van der Waals surface area contributed by atoms with E-state index in [1.165, 1.54) is 10.9 Å². The Morgan fingerprint density at radius 2 is 2.25 bits per heavy atom. The van der Waals surface area contributed by atoms with Crippen molar-refractivity contribution >= 4 is 5.97 Å². The molecule has 82 valence electrons. The molecule has 6 heteroatoms. The van der Waals surface area contributed by atoms with Crippen molar-refractivity contribution in [2.75, 3.05) is 0 Å². The number of rotatable bonds is 2. The van der Waals surface area contributed by atoms with Crippen molar-refractivity contribution < 1.29 is 14.3 Å². The normalized spacial score (nSPS) is 10.4. The standard InChI is InChI=1S/C10H8FN3O2/c1-6-2-3-7(9(13-6)10(15)16)14-4-8(11)12-5-14/h2-5H,1H3,(H,15,16). The highest BCUT2D eigenvalue weighted by Gasteiger charge is 2.14. The molecular weight excluding hydrogens is 213 g/mol. The van der Waals surface area contributed by atoms with Crippen molar-refractivity contribution in [3.8, 4) is 5.69 Å². The summed E-state index contributed by atoms with van der Waals surface area (Å²) in [5.74, 6) is -1.83. The Kier molecular flexibility index (Phi) is 2.40. The summed E-state index contributed by atoms with van der Waals surface area (Å²) in [6.07, 6.45) is 2.30. The third-order valence-corrected chi connectivity index (χ3v) is 2.05. The number of carbonyl (C=O) groups is 1. The van der Waals surface area contributed by atoms with Gasteiger partial charge in [0.2, 0.25) is 5.95 Å². The van der Waals surface area contributed by atoms with Gasteiger partial charge in [-0.15, -0.1) is 0 Å². The van der Waals surface area contributed by atoms with E-state index in [4.69, 9.17) is 5.11 Å². The zero-order valence-corrected chi connectivity index (χ0v) is 8.38. The first-order chi connectivity index (χ1) is 7.58. The zero-order chi connectivity index (χ0) is 11.7. The monoisotopic (exact) mass is 221 g/mol. The van der Waals surface area contributed by atoms with E-state index in [1.54, 1.807) is 19.1 Å². The van der Waals surface area contributed by atoms with Crippen LogP contribution in [-0.2, 0) is 0 Å². The number of imidazole rings is 1. The lowest BCUT2D eigenvalue weighted by molar-refractivity contribution is 0.0690. The largest absolute Gasteiger partial charge is 0.476 e. The quantitative estimate of drug-likeness (QED) is 0.832. The molecule has 0 unspecified atom stereocenters. The van der Waals surface area contributed by atoms with Gasteiger partial charge < -0.3 is 9.67 Å². The minimum Gasteiger partial charge on any atom is -0.476 e. The number of nitrogens with zero attached hydrogens (tertiary/aromatic N) is 3. The molecule has 0 spiro atoms. The maximum atomic E-state index is 12.7. The van der Waals surface area contributed by atoms with Crippen LogP contribution in [0.5, 0.6) is 0 Å². The van der Waals surface area contributed by atoms with Crippen molar-refractivity contribution in [3.63, 3.8) is 0 Å². The molecule has 2 rings (SSSR count). The van der Waals surface area contributed by atoms with Crippen LogP contribution >= 0.6 is 0 Å². The minimum atomic E-state index is -1.16. The molecule has 2 aromatic rings. The van der Waals surface area contributed by atoms with Gasteiger partial charge in [-0.1, -0.05) is 0 Å². The van der Waals surface area contributed by atoms with E-state index in [2.05, 4.69) is 9.97 Å². The first kappa shape index (κ1) is 10.3. The summed E-state index contributed by atoms with van der Waals surface area (Å²) in [4.78, 5) is 18.2. The van der Waals surface area contributed by atoms with Crippen LogP contribution in [0.25, 0.3) is 5.69 Å². The number of halogens is 1. The molecule has 2 heterocycles. The molecule has 0 aliphatic heterocycles. The Hall–Kier alpha value is -2.24. The Balaban J connectivity index is 2.60. The molecule has 0 bridgehead atoms. The number of hydrogen-bond acceptors (Lipinski definition) is 3. The molecule has 16 heavy (non-hydrogen) atoms. The van der Waals surface area contributed by atoms with Gasteiger partial charge in [-0.05, 0) is 19.1 Å². The van der Waals surface area contributed by atoms with Crippen LogP contribution in [0.2, 0.25) is 0 Å². The van der Waals surface area contributed by atoms with Gasteiger partial charge >= 0.3 is 5.97 Å². The fraction of sp³-hybridized carbons (Fsp3) is 0.100. The van der Waals surface area contributed by atoms with Crippen molar-refractivity contribution in [1.82, 2.24) is 14.5 Å². The first-order valence-electron chi connectivity index (χ1n) is 4.49. The molecule has 2 aromatic heterocycles. The minimum absolute atomic E-state index is 0.127. The van der Waals surface area contributed by atoms with Gasteiger partial charge in [0, 0.05) is 5.69 Å². The van der Waals surface area contributed by atoms with Crippen LogP contribution in [0.15, 0.2) is 24.7 Å². The van der Waals surface area contributed by atoms with Gasteiger partial charge in [0.25, 0.3) is 0 Å². The average Bonchev–Trinajstić information content (AvgIpc) is 2.64. The molecule has 0 fully saturated rings. The van der Waals surface area contributed by atoms with Crippen molar-refractivity contribution in [2.45, 2.75) is 6.92 Å². The first-order valence-corrected chi connectivity index (χ1v) is 4.49. The van der Waals surface area contributed by atoms with E-state index in [-0.39, 0.29) is 11.4 Å². The molecule has 5 nitrogen and oxygen atoms in total. The Labute approximate surface area is 90.2 Å². The summed E-state index contributed by atoms with van der Waals surface area (Å²) in [7, 11) is 0. The molecule has 0 saturated carbocycles. The summed E-state index contributed by atoms with van der Waals surface area (Å²) in [6, 6.07) is 3.21. The maximum Gasteiger partial charge on any atom is 0.356 e. The highest BCUT2D eigenvalue weighted by molar-refractivity contribution is 5.89. The van der Waals surface area contributed by atoms with Crippen molar-refractivity contribution in [3.05, 3.63) is 42.0 Å². The summed E-state index contributed by atoms with van der Waals surface area (Å²) in [5.41, 5.74) is 0.744. The molecular formula is C10H8FN3O2. The van der Waals surface area contributed by atoms with E-state index in [0.717, 1.165) is 6.20 Å². The SMILES string of the molecule is Cc1ccc(-n2cnc(F)c2)c(C(=O)O)n1. The number of aromatic carboxylic acids is 1. The second-order valence-electron chi connectivity index (χ2n) is 3.23. The zero-order valence-electron chi connectivity index (χ0n) is 8.38. The van der Waals surface area contributed by atoms with E-state index in [9.17, 15) is 9.18 Å². The van der Waals surface area contributed by atoms with Crippen LogP contribution in [0.3, 0.4) is 0 Å². The summed E-state index contributed by atoms with van der Waals surface area (Å²) >= 11 is 0. The molecule has 0 radical (unpaired) electrons. The van der Waals surface area contributed by atoms with Crippen LogP contribution in [-0.4, -0.2) is 25.6 Å². The van der Waals surface area contributed by atoms with E-state index < -0.39 is 11.9 Å². The maximum absolute atomic E-state index is 12.7. The fourth-order valence-corrected chi connectivity index (χ4v) is 1.35. The third kappa shape index (κ3) is 1.77. The average molecular weight is 221 g/mol. The molecule has 0 aliphatic rings. The summed E-state index contributed by atoms with van der Waals surface area (Å²) < 4.78 is 14.0. The molecule has 0 aliphatic carbocycles. The Morgan fingerprint density at radius 1 is 1.50 bits per heavy atom. The highest BCUT2D eigenvalue weighted by Crippen LogP contribution is 2.13. The Morgan fingerprint density at radius 3 is 2.81 bits per heavy atom. The number of carboxylic acid groups (broad SMARTS) is 1. The molecule has 1 N–H and O–H groups in total. The lowest BCUT2D eigenvalue weighted by Gasteiger charge is -2.06. The van der Waals surface area contributed by atoms with Crippen molar-refractivity contribution in [2.24, 2.45) is 0 Å². The number of pyridine rings is 1. The predicted molar refractivity (Wildman–Crippen MR) is 53.0 cm³/mol. The van der Waals surface area contributed by atoms with E-state index >= 15 is 0 Å². The lowest BCUT2D eigenvalue weighted by atomic mass is 10.2.